The van der Waals surface area contributed by atoms with Crippen LogP contribution in [0.4, 0.5) is 5.82 Å². The predicted octanol–water partition coefficient (Wildman–Crippen LogP) is 3.24. The Morgan fingerprint density at radius 1 is 1.12 bits per heavy atom. The van der Waals surface area contributed by atoms with Crippen molar-refractivity contribution in [1.29, 1.82) is 0 Å². The molecule has 4 rings (SSSR count). The summed E-state index contributed by atoms with van der Waals surface area (Å²) in [7, 11) is 3.30. The van der Waals surface area contributed by atoms with Crippen molar-refractivity contribution >= 4 is 11.5 Å². The molecule has 1 fully saturated rings. The fourth-order valence-corrected chi connectivity index (χ4v) is 2.78. The molecule has 6 heteroatoms. The molecule has 1 aliphatic carbocycles. The van der Waals surface area contributed by atoms with Gasteiger partial charge in [0.25, 0.3) is 0 Å². The number of ether oxygens (including phenoxy) is 2. The Labute approximate surface area is 140 Å². The Hall–Kier alpha value is -2.76. The lowest BCUT2D eigenvalue weighted by Gasteiger charge is -2.09. The molecule has 6 nitrogen and oxygen atoms in total. The highest BCUT2D eigenvalue weighted by Crippen LogP contribution is 2.32. The van der Waals surface area contributed by atoms with Crippen molar-refractivity contribution in [2.45, 2.75) is 12.8 Å². The molecule has 0 amide bonds. The van der Waals surface area contributed by atoms with Crippen LogP contribution in [0, 0.1) is 5.92 Å². The number of nitrogens with one attached hydrogen (secondary N) is 1. The van der Waals surface area contributed by atoms with Crippen molar-refractivity contribution in [2.24, 2.45) is 5.92 Å². The molecule has 2 heterocycles. The van der Waals surface area contributed by atoms with E-state index in [0.717, 1.165) is 46.7 Å². The Morgan fingerprint density at radius 2 is 1.88 bits per heavy atom. The zero-order chi connectivity index (χ0) is 16.5. The summed E-state index contributed by atoms with van der Waals surface area (Å²) >= 11 is 0. The molecule has 0 spiro atoms. The van der Waals surface area contributed by atoms with Gasteiger partial charge in [0.1, 0.15) is 11.5 Å². The van der Waals surface area contributed by atoms with Gasteiger partial charge in [0, 0.05) is 30.6 Å². The van der Waals surface area contributed by atoms with E-state index >= 15 is 0 Å². The first-order valence-corrected chi connectivity index (χ1v) is 8.08. The maximum absolute atomic E-state index is 5.37. The second-order valence-corrected chi connectivity index (χ2v) is 6.04. The summed E-state index contributed by atoms with van der Waals surface area (Å²) in [4.78, 5) is 9.00. The molecule has 2 aromatic heterocycles. The van der Waals surface area contributed by atoms with E-state index in [4.69, 9.17) is 9.47 Å². The van der Waals surface area contributed by atoms with Crippen LogP contribution in [0.25, 0.3) is 16.9 Å². The molecule has 1 aliphatic rings. The predicted molar refractivity (Wildman–Crippen MR) is 92.7 cm³/mol. The van der Waals surface area contributed by atoms with Crippen molar-refractivity contribution in [2.75, 3.05) is 26.1 Å². The summed E-state index contributed by atoms with van der Waals surface area (Å²) in [6.07, 6.45) is 8.18. The second-order valence-electron chi connectivity index (χ2n) is 6.04. The maximum atomic E-state index is 5.37. The smallest absolute Gasteiger partial charge is 0.180 e. The third-order valence-electron chi connectivity index (χ3n) is 4.33. The number of methoxy groups -OCH3 is 2. The molecule has 1 aromatic carbocycles. The first kappa shape index (κ1) is 14.8. The normalized spacial score (nSPS) is 13.9. The first-order valence-electron chi connectivity index (χ1n) is 8.08. The van der Waals surface area contributed by atoms with Gasteiger partial charge in [-0.3, -0.25) is 4.40 Å². The van der Waals surface area contributed by atoms with Crippen LogP contribution >= 0.6 is 0 Å². The van der Waals surface area contributed by atoms with Gasteiger partial charge in [-0.25, -0.2) is 9.97 Å². The molecule has 1 saturated carbocycles. The molecule has 0 unspecified atom stereocenters. The Bertz CT molecular complexity index is 848. The highest BCUT2D eigenvalue weighted by molar-refractivity contribution is 5.72. The summed E-state index contributed by atoms with van der Waals surface area (Å²) in [5.74, 6) is 3.11. The SMILES string of the molecule is COc1cc(OC)cc(-c2cnc3c(NCC4CC4)nccn23)c1. The molecule has 0 aliphatic heterocycles. The zero-order valence-electron chi connectivity index (χ0n) is 13.8. The van der Waals surface area contributed by atoms with Crippen LogP contribution in [0.15, 0.2) is 36.8 Å². The monoisotopic (exact) mass is 324 g/mol. The van der Waals surface area contributed by atoms with Gasteiger partial charge in [-0.1, -0.05) is 0 Å². The average Bonchev–Trinajstić information content (AvgIpc) is 3.36. The third-order valence-corrected chi connectivity index (χ3v) is 4.33. The number of fused-ring (bicyclic) bond motifs is 1. The van der Waals surface area contributed by atoms with Gasteiger partial charge in [-0.2, -0.15) is 0 Å². The highest BCUT2D eigenvalue weighted by Gasteiger charge is 2.21. The second kappa shape index (κ2) is 6.03. The molecule has 124 valence electrons. The topological polar surface area (TPSA) is 60.7 Å². The molecule has 3 aromatic rings. The maximum Gasteiger partial charge on any atom is 0.180 e. The molecule has 0 saturated heterocycles. The molecule has 0 radical (unpaired) electrons. The van der Waals surface area contributed by atoms with Gasteiger partial charge in [0.05, 0.1) is 26.1 Å². The Morgan fingerprint density at radius 3 is 2.54 bits per heavy atom. The van der Waals surface area contributed by atoms with Crippen molar-refractivity contribution in [3.63, 3.8) is 0 Å². The van der Waals surface area contributed by atoms with Gasteiger partial charge < -0.3 is 14.8 Å². The number of imidazole rings is 1. The van der Waals surface area contributed by atoms with Gasteiger partial charge in [0.15, 0.2) is 11.5 Å². The summed E-state index contributed by atoms with van der Waals surface area (Å²) in [6.45, 7) is 0.960. The van der Waals surface area contributed by atoms with Crippen LogP contribution in [0.2, 0.25) is 0 Å². The van der Waals surface area contributed by atoms with E-state index < -0.39 is 0 Å². The standard InChI is InChI=1S/C18H20N4O2/c1-23-14-7-13(8-15(9-14)24-2)16-11-21-18-17(19-5-6-22(16)18)20-10-12-3-4-12/h5-9,11-12H,3-4,10H2,1-2H3,(H,19,20). The average molecular weight is 324 g/mol. The number of anilines is 1. The minimum atomic E-state index is 0.750. The largest absolute Gasteiger partial charge is 0.497 e. The number of rotatable bonds is 6. The van der Waals surface area contributed by atoms with Crippen LogP contribution < -0.4 is 14.8 Å². The number of hydrogen-bond acceptors (Lipinski definition) is 5. The highest BCUT2D eigenvalue weighted by atomic mass is 16.5. The van der Waals surface area contributed by atoms with Crippen LogP contribution in [-0.4, -0.2) is 35.1 Å². The lowest BCUT2D eigenvalue weighted by atomic mass is 10.1. The van der Waals surface area contributed by atoms with E-state index in [1.165, 1.54) is 12.8 Å². The van der Waals surface area contributed by atoms with E-state index in [9.17, 15) is 0 Å². The quantitative estimate of drug-likeness (QED) is 0.754. The lowest BCUT2D eigenvalue weighted by Crippen LogP contribution is -2.06. The Balaban J connectivity index is 1.75. The molecule has 24 heavy (non-hydrogen) atoms. The van der Waals surface area contributed by atoms with E-state index in [1.54, 1.807) is 20.4 Å². The van der Waals surface area contributed by atoms with Crippen LogP contribution in [0.1, 0.15) is 12.8 Å². The minimum Gasteiger partial charge on any atom is -0.497 e. The van der Waals surface area contributed by atoms with Gasteiger partial charge in [0.2, 0.25) is 0 Å². The van der Waals surface area contributed by atoms with Crippen LogP contribution in [-0.2, 0) is 0 Å². The van der Waals surface area contributed by atoms with Crippen LogP contribution in [0.3, 0.4) is 0 Å². The van der Waals surface area contributed by atoms with Crippen molar-refractivity contribution in [1.82, 2.24) is 14.4 Å². The lowest BCUT2D eigenvalue weighted by molar-refractivity contribution is 0.394. The summed E-state index contributed by atoms with van der Waals surface area (Å²) in [6, 6.07) is 5.81. The molecular weight excluding hydrogens is 304 g/mol. The van der Waals surface area contributed by atoms with Gasteiger partial charge in [-0.15, -0.1) is 0 Å². The summed E-state index contributed by atoms with van der Waals surface area (Å²) in [5.41, 5.74) is 2.78. The molecule has 0 bridgehead atoms. The molecule has 0 atom stereocenters. The third kappa shape index (κ3) is 2.75. The number of aromatic nitrogens is 3. The molecular formula is C18H20N4O2. The van der Waals surface area contributed by atoms with E-state index in [2.05, 4.69) is 15.3 Å². The molecule has 1 N–H and O–H groups in total. The van der Waals surface area contributed by atoms with Crippen LogP contribution in [0.5, 0.6) is 11.5 Å². The van der Waals surface area contributed by atoms with E-state index in [1.807, 2.05) is 35.0 Å². The number of benzene rings is 1. The van der Waals surface area contributed by atoms with E-state index in [-0.39, 0.29) is 0 Å². The minimum absolute atomic E-state index is 0.750. The van der Waals surface area contributed by atoms with Gasteiger partial charge >= 0.3 is 0 Å². The Kier molecular flexibility index (Phi) is 3.72. The van der Waals surface area contributed by atoms with E-state index in [0.29, 0.717) is 0 Å². The first-order chi connectivity index (χ1) is 11.8. The number of nitrogens with zero attached hydrogens (tertiary/aromatic N) is 3. The fourth-order valence-electron chi connectivity index (χ4n) is 2.78. The zero-order valence-corrected chi connectivity index (χ0v) is 13.8. The number of hydrogen-bond donors (Lipinski definition) is 1. The fraction of sp³-hybridized carbons (Fsp3) is 0.333. The van der Waals surface area contributed by atoms with Crippen molar-refractivity contribution < 1.29 is 9.47 Å². The summed E-state index contributed by atoms with van der Waals surface area (Å²) < 4.78 is 12.8. The van der Waals surface area contributed by atoms with Gasteiger partial charge in [-0.05, 0) is 30.9 Å². The summed E-state index contributed by atoms with van der Waals surface area (Å²) in [5, 5.41) is 3.42. The van der Waals surface area contributed by atoms with Crippen molar-refractivity contribution in [3.05, 3.63) is 36.8 Å². The van der Waals surface area contributed by atoms with Crippen molar-refractivity contribution in [3.8, 4) is 22.8 Å².